The molecule has 120 valence electrons. The minimum absolute atomic E-state index is 0.0946. The molecule has 0 aromatic carbocycles. The Balaban J connectivity index is 1.87. The minimum atomic E-state index is -3.00. The molecule has 1 unspecified atom stereocenters. The van der Waals surface area contributed by atoms with Crippen LogP contribution in [-0.4, -0.2) is 40.5 Å². The number of nitrogens with zero attached hydrogens (tertiary/aromatic N) is 3. The molecule has 0 saturated carbocycles. The maximum atomic E-state index is 12.4. The van der Waals surface area contributed by atoms with Gasteiger partial charge in [0.15, 0.2) is 15.6 Å². The van der Waals surface area contributed by atoms with Gasteiger partial charge in [0.25, 0.3) is 0 Å². The molecule has 2 aliphatic rings. The fourth-order valence-corrected chi connectivity index (χ4v) is 5.21. The van der Waals surface area contributed by atoms with Crippen LogP contribution in [-0.2, 0) is 16.3 Å². The summed E-state index contributed by atoms with van der Waals surface area (Å²) in [5.74, 6) is 0.404. The van der Waals surface area contributed by atoms with E-state index in [0.717, 1.165) is 24.1 Å². The number of aromatic nitrogens is 3. The number of carbonyl (C=O) groups is 1. The summed E-state index contributed by atoms with van der Waals surface area (Å²) in [6.45, 7) is 0. The monoisotopic (exact) mass is 331 g/mol. The zero-order chi connectivity index (χ0) is 16.0. The van der Waals surface area contributed by atoms with Gasteiger partial charge in [0.05, 0.1) is 28.8 Å². The molecule has 0 amide bonds. The molecule has 1 atom stereocenters. The van der Waals surface area contributed by atoms with Crippen molar-refractivity contribution in [3.63, 3.8) is 0 Å². The average molecular weight is 331 g/mol. The number of Topliss-reactive ketones (excluding diaryl/α,β-unsaturated/α-hetero) is 1. The third-order valence-electron chi connectivity index (χ3n) is 4.60. The lowest BCUT2D eigenvalue weighted by Crippen LogP contribution is -2.18. The first kappa shape index (κ1) is 14.6. The van der Waals surface area contributed by atoms with Crippen LogP contribution in [0.2, 0.25) is 0 Å². The third kappa shape index (κ3) is 2.49. The Bertz CT molecular complexity index is 871. The lowest BCUT2D eigenvalue weighted by molar-refractivity contribution is 0.0972. The summed E-state index contributed by atoms with van der Waals surface area (Å²) >= 11 is 0. The molecule has 3 heterocycles. The number of fused-ring (bicyclic) bond motifs is 1. The molecule has 0 N–H and O–H groups in total. The van der Waals surface area contributed by atoms with Gasteiger partial charge >= 0.3 is 0 Å². The summed E-state index contributed by atoms with van der Waals surface area (Å²) in [6.07, 6.45) is 6.03. The van der Waals surface area contributed by atoms with Crippen molar-refractivity contribution < 1.29 is 13.2 Å². The van der Waals surface area contributed by atoms with Crippen molar-refractivity contribution in [2.24, 2.45) is 0 Å². The topological polar surface area (TPSA) is 81.9 Å². The molecule has 1 aliphatic carbocycles. The molecule has 0 bridgehead atoms. The van der Waals surface area contributed by atoms with Gasteiger partial charge < -0.3 is 0 Å². The molecule has 23 heavy (non-hydrogen) atoms. The first-order valence-corrected chi connectivity index (χ1v) is 9.63. The van der Waals surface area contributed by atoms with Crippen LogP contribution in [0.25, 0.3) is 11.3 Å². The Morgan fingerprint density at radius 1 is 1.26 bits per heavy atom. The van der Waals surface area contributed by atoms with E-state index in [1.54, 1.807) is 17.1 Å². The van der Waals surface area contributed by atoms with E-state index in [-0.39, 0.29) is 23.3 Å². The van der Waals surface area contributed by atoms with E-state index in [9.17, 15) is 13.2 Å². The predicted molar refractivity (Wildman–Crippen MR) is 85.0 cm³/mol. The number of hydrogen-bond donors (Lipinski definition) is 0. The molecule has 1 fully saturated rings. The van der Waals surface area contributed by atoms with Crippen LogP contribution in [0.15, 0.2) is 24.5 Å². The van der Waals surface area contributed by atoms with E-state index >= 15 is 0 Å². The molecule has 7 heteroatoms. The Kier molecular flexibility index (Phi) is 3.33. The van der Waals surface area contributed by atoms with Gasteiger partial charge in [0, 0.05) is 24.4 Å². The van der Waals surface area contributed by atoms with Crippen molar-refractivity contribution in [2.75, 3.05) is 11.5 Å². The normalized spacial score (nSPS) is 23.0. The summed E-state index contributed by atoms with van der Waals surface area (Å²) < 4.78 is 25.4. The van der Waals surface area contributed by atoms with Crippen LogP contribution in [0, 0.1) is 0 Å². The molecule has 0 spiro atoms. The number of hydrogen-bond acceptors (Lipinski definition) is 5. The zero-order valence-corrected chi connectivity index (χ0v) is 13.4. The van der Waals surface area contributed by atoms with E-state index in [1.165, 1.54) is 0 Å². The second-order valence-corrected chi connectivity index (χ2v) is 8.42. The largest absolute Gasteiger partial charge is 0.294 e. The van der Waals surface area contributed by atoms with Crippen LogP contribution < -0.4 is 0 Å². The molecule has 2 aromatic rings. The fraction of sp³-hybridized carbons (Fsp3) is 0.438. The summed E-state index contributed by atoms with van der Waals surface area (Å²) in [7, 11) is -3.00. The highest BCUT2D eigenvalue weighted by Gasteiger charge is 2.35. The van der Waals surface area contributed by atoms with Gasteiger partial charge in [-0.25, -0.2) is 8.42 Å². The number of ketones is 1. The SMILES string of the molecule is O=C1CCCc2c1c(-c1cccnc1)nn2C1CCS(=O)(=O)C1. The van der Waals surface area contributed by atoms with Gasteiger partial charge in [0.2, 0.25) is 0 Å². The van der Waals surface area contributed by atoms with Crippen molar-refractivity contribution >= 4 is 15.6 Å². The number of pyridine rings is 1. The van der Waals surface area contributed by atoms with Gasteiger partial charge in [-0.15, -0.1) is 0 Å². The molecule has 1 aliphatic heterocycles. The quantitative estimate of drug-likeness (QED) is 0.838. The van der Waals surface area contributed by atoms with Crippen molar-refractivity contribution in [3.05, 3.63) is 35.8 Å². The second kappa shape index (κ2) is 5.26. The van der Waals surface area contributed by atoms with Gasteiger partial charge in [-0.1, -0.05) is 0 Å². The van der Waals surface area contributed by atoms with E-state index in [2.05, 4.69) is 10.1 Å². The van der Waals surface area contributed by atoms with Crippen LogP contribution in [0.5, 0.6) is 0 Å². The highest BCUT2D eigenvalue weighted by atomic mass is 32.2. The predicted octanol–water partition coefficient (Wildman–Crippen LogP) is 1.82. The highest BCUT2D eigenvalue weighted by Crippen LogP contribution is 2.35. The summed E-state index contributed by atoms with van der Waals surface area (Å²) in [4.78, 5) is 16.6. The number of sulfone groups is 1. The van der Waals surface area contributed by atoms with E-state index < -0.39 is 9.84 Å². The zero-order valence-electron chi connectivity index (χ0n) is 12.6. The molecule has 0 radical (unpaired) electrons. The van der Waals surface area contributed by atoms with Crippen molar-refractivity contribution in [1.82, 2.24) is 14.8 Å². The van der Waals surface area contributed by atoms with Crippen molar-refractivity contribution in [3.8, 4) is 11.3 Å². The summed E-state index contributed by atoms with van der Waals surface area (Å²) in [5, 5.41) is 4.65. The molecule has 1 saturated heterocycles. The Hall–Kier alpha value is -2.02. The maximum Gasteiger partial charge on any atom is 0.166 e. The van der Waals surface area contributed by atoms with Crippen molar-refractivity contribution in [1.29, 1.82) is 0 Å². The van der Waals surface area contributed by atoms with E-state index in [0.29, 0.717) is 24.1 Å². The van der Waals surface area contributed by atoms with Crippen LogP contribution in [0.4, 0.5) is 0 Å². The fourth-order valence-electron chi connectivity index (χ4n) is 3.52. The standard InChI is InChI=1S/C16H17N3O3S/c20-14-5-1-4-13-15(14)16(11-3-2-7-17-9-11)18-19(13)12-6-8-23(21,22)10-12/h2-3,7,9,12H,1,4-6,8,10H2. The number of carbonyl (C=O) groups excluding carboxylic acids is 1. The molecule has 2 aromatic heterocycles. The Labute approximate surface area is 134 Å². The van der Waals surface area contributed by atoms with Gasteiger partial charge in [-0.05, 0) is 31.4 Å². The lowest BCUT2D eigenvalue weighted by atomic mass is 9.92. The first-order valence-electron chi connectivity index (χ1n) is 7.80. The van der Waals surface area contributed by atoms with E-state index in [4.69, 9.17) is 0 Å². The maximum absolute atomic E-state index is 12.4. The number of rotatable bonds is 2. The van der Waals surface area contributed by atoms with Gasteiger partial charge in [-0.3, -0.25) is 14.5 Å². The van der Waals surface area contributed by atoms with Crippen LogP contribution in [0.1, 0.15) is 41.4 Å². The molecule has 6 nitrogen and oxygen atoms in total. The summed E-state index contributed by atoms with van der Waals surface area (Å²) in [6, 6.07) is 3.53. The van der Waals surface area contributed by atoms with Crippen LogP contribution >= 0.6 is 0 Å². The smallest absolute Gasteiger partial charge is 0.166 e. The van der Waals surface area contributed by atoms with Gasteiger partial charge in [-0.2, -0.15) is 5.10 Å². The molecular formula is C16H17N3O3S. The second-order valence-electron chi connectivity index (χ2n) is 6.19. The highest BCUT2D eigenvalue weighted by molar-refractivity contribution is 7.91. The van der Waals surface area contributed by atoms with Crippen LogP contribution in [0.3, 0.4) is 0 Å². The first-order chi connectivity index (χ1) is 11.1. The van der Waals surface area contributed by atoms with Crippen molar-refractivity contribution in [2.45, 2.75) is 31.7 Å². The third-order valence-corrected chi connectivity index (χ3v) is 6.35. The Morgan fingerprint density at radius 3 is 2.83 bits per heavy atom. The van der Waals surface area contributed by atoms with Gasteiger partial charge in [0.1, 0.15) is 5.69 Å². The minimum Gasteiger partial charge on any atom is -0.294 e. The lowest BCUT2D eigenvalue weighted by Gasteiger charge is -2.16. The average Bonchev–Trinajstić information content (AvgIpc) is 3.09. The molecule has 4 rings (SSSR count). The Morgan fingerprint density at radius 2 is 2.13 bits per heavy atom. The summed E-state index contributed by atoms with van der Waals surface area (Å²) in [5.41, 5.74) is 3.00. The molecular weight excluding hydrogens is 314 g/mol. The van der Waals surface area contributed by atoms with E-state index in [1.807, 2.05) is 12.1 Å².